The van der Waals surface area contributed by atoms with E-state index < -0.39 is 41.8 Å². The molecule has 0 heterocycles. The van der Waals surface area contributed by atoms with Crippen molar-refractivity contribution in [3.05, 3.63) is 35.4 Å². The average molecular weight is 464 g/mol. The third kappa shape index (κ3) is 9.42. The number of rotatable bonds is 9. The molecule has 0 bridgehead atoms. The molecular weight excluding hydrogens is 422 g/mol. The molecule has 0 aliphatic heterocycles. The summed E-state index contributed by atoms with van der Waals surface area (Å²) in [6, 6.07) is 5.39. The number of aliphatic hydroxyl groups is 1. The topological polar surface area (TPSA) is 108 Å². The minimum absolute atomic E-state index is 0.267. The van der Waals surface area contributed by atoms with Gasteiger partial charge in [-0.15, -0.1) is 0 Å². The van der Waals surface area contributed by atoms with Crippen molar-refractivity contribution < 1.29 is 24.2 Å². The fraction of sp³-hybridized carbons (Fsp3) is 0.640. The fourth-order valence-corrected chi connectivity index (χ4v) is 3.29. The van der Waals surface area contributed by atoms with Gasteiger partial charge in [0.1, 0.15) is 17.7 Å². The summed E-state index contributed by atoms with van der Waals surface area (Å²) >= 11 is 0. The molecule has 1 aromatic carbocycles. The first-order valence-electron chi connectivity index (χ1n) is 11.5. The monoisotopic (exact) mass is 463 g/mol. The first-order valence-corrected chi connectivity index (χ1v) is 11.5. The molecule has 1 rings (SSSR count). The lowest BCUT2D eigenvalue weighted by Gasteiger charge is -2.35. The second-order valence-corrected chi connectivity index (χ2v) is 10.1. The molecule has 0 aromatic heterocycles. The first kappa shape index (κ1) is 28.4. The van der Waals surface area contributed by atoms with Gasteiger partial charge in [0.05, 0.1) is 6.61 Å². The SMILES string of the molecule is CCCN(C(=O)C(CO)NC(=O)OC(C)(C)C)C(C(=O)NC(C)(C)C)c1ccc(CC)cc1. The normalized spacial score (nSPS) is 13.6. The molecule has 3 amide bonds. The van der Waals surface area contributed by atoms with Crippen molar-refractivity contribution in [2.75, 3.05) is 13.2 Å². The van der Waals surface area contributed by atoms with E-state index in [9.17, 15) is 19.5 Å². The molecular formula is C25H41N3O5. The van der Waals surface area contributed by atoms with Crippen LogP contribution in [0.4, 0.5) is 4.79 Å². The lowest BCUT2D eigenvalue weighted by molar-refractivity contribution is -0.143. The van der Waals surface area contributed by atoms with E-state index in [1.54, 1.807) is 20.8 Å². The molecule has 0 saturated heterocycles. The van der Waals surface area contributed by atoms with Gasteiger partial charge in [-0.1, -0.05) is 38.1 Å². The predicted octanol–water partition coefficient (Wildman–Crippen LogP) is 3.33. The van der Waals surface area contributed by atoms with Crippen LogP contribution in [-0.2, 0) is 20.7 Å². The minimum Gasteiger partial charge on any atom is -0.444 e. The van der Waals surface area contributed by atoms with Crippen molar-refractivity contribution >= 4 is 17.9 Å². The molecule has 186 valence electrons. The van der Waals surface area contributed by atoms with E-state index >= 15 is 0 Å². The summed E-state index contributed by atoms with van der Waals surface area (Å²) in [5, 5.41) is 15.3. The zero-order valence-corrected chi connectivity index (χ0v) is 21.3. The van der Waals surface area contributed by atoms with Crippen molar-refractivity contribution in [2.45, 2.75) is 91.5 Å². The van der Waals surface area contributed by atoms with Gasteiger partial charge < -0.3 is 25.4 Å². The van der Waals surface area contributed by atoms with Gasteiger partial charge in [-0.3, -0.25) is 9.59 Å². The Balaban J connectivity index is 3.35. The molecule has 0 fully saturated rings. The Morgan fingerprint density at radius 1 is 1.03 bits per heavy atom. The number of hydrogen-bond acceptors (Lipinski definition) is 5. The molecule has 2 atom stereocenters. The number of carbonyl (C=O) groups is 3. The number of nitrogens with zero attached hydrogens (tertiary/aromatic N) is 1. The highest BCUT2D eigenvalue weighted by atomic mass is 16.6. The Labute approximate surface area is 198 Å². The van der Waals surface area contributed by atoms with E-state index in [4.69, 9.17) is 4.74 Å². The van der Waals surface area contributed by atoms with Crippen LogP contribution in [0.15, 0.2) is 24.3 Å². The van der Waals surface area contributed by atoms with Crippen LogP contribution < -0.4 is 10.6 Å². The largest absolute Gasteiger partial charge is 0.444 e. The van der Waals surface area contributed by atoms with Gasteiger partial charge in [-0.05, 0) is 65.5 Å². The molecule has 33 heavy (non-hydrogen) atoms. The van der Waals surface area contributed by atoms with Crippen molar-refractivity contribution in [2.24, 2.45) is 0 Å². The number of nitrogens with one attached hydrogen (secondary N) is 2. The van der Waals surface area contributed by atoms with E-state index in [1.807, 2.05) is 58.9 Å². The van der Waals surface area contributed by atoms with Crippen LogP contribution >= 0.6 is 0 Å². The molecule has 3 N–H and O–H groups in total. The Morgan fingerprint density at radius 2 is 1.61 bits per heavy atom. The summed E-state index contributed by atoms with van der Waals surface area (Å²) in [6.45, 7) is 14.3. The molecule has 0 spiro atoms. The summed E-state index contributed by atoms with van der Waals surface area (Å²) in [5.74, 6) is -0.888. The quantitative estimate of drug-likeness (QED) is 0.521. The number of alkyl carbamates (subject to hydrolysis) is 1. The predicted molar refractivity (Wildman–Crippen MR) is 129 cm³/mol. The van der Waals surface area contributed by atoms with Crippen LogP contribution in [-0.4, -0.2) is 58.2 Å². The number of hydrogen-bond donors (Lipinski definition) is 3. The number of aryl methyl sites for hydroxylation is 1. The second kappa shape index (κ2) is 12.0. The first-order chi connectivity index (χ1) is 15.2. The molecule has 0 aliphatic rings. The lowest BCUT2D eigenvalue weighted by atomic mass is 9.99. The zero-order valence-electron chi connectivity index (χ0n) is 21.3. The standard InChI is InChI=1S/C25H41N3O5/c1-9-15-28(22(31)19(16-29)26-23(32)33-25(6,7)8)20(21(30)27-24(3,4)5)18-13-11-17(10-2)12-14-18/h11-14,19-20,29H,9-10,15-16H2,1-8H3,(H,26,32)(H,27,30). The van der Waals surface area contributed by atoms with Crippen LogP contribution in [0.1, 0.15) is 79.0 Å². The van der Waals surface area contributed by atoms with Crippen LogP contribution in [0.3, 0.4) is 0 Å². The molecule has 0 radical (unpaired) electrons. The van der Waals surface area contributed by atoms with Gasteiger partial charge in [-0.25, -0.2) is 4.79 Å². The summed E-state index contributed by atoms with van der Waals surface area (Å²) in [7, 11) is 0. The summed E-state index contributed by atoms with van der Waals surface area (Å²) in [6.07, 6.45) is 0.626. The molecule has 1 aromatic rings. The maximum absolute atomic E-state index is 13.5. The van der Waals surface area contributed by atoms with Crippen LogP contribution in [0.5, 0.6) is 0 Å². The van der Waals surface area contributed by atoms with Crippen molar-refractivity contribution in [3.8, 4) is 0 Å². The number of aliphatic hydroxyl groups excluding tert-OH is 1. The molecule has 0 saturated carbocycles. The Bertz CT molecular complexity index is 794. The van der Waals surface area contributed by atoms with Gasteiger partial charge in [-0.2, -0.15) is 0 Å². The smallest absolute Gasteiger partial charge is 0.408 e. The lowest BCUT2D eigenvalue weighted by Crippen LogP contribution is -2.55. The molecule has 2 unspecified atom stereocenters. The Kier molecular flexibility index (Phi) is 10.4. The summed E-state index contributed by atoms with van der Waals surface area (Å²) in [4.78, 5) is 40.5. The third-order valence-corrected chi connectivity index (χ3v) is 4.68. The Hall–Kier alpha value is -2.61. The van der Waals surface area contributed by atoms with Crippen molar-refractivity contribution in [1.82, 2.24) is 15.5 Å². The van der Waals surface area contributed by atoms with Crippen LogP contribution in [0.2, 0.25) is 0 Å². The van der Waals surface area contributed by atoms with E-state index in [-0.39, 0.29) is 12.5 Å². The average Bonchev–Trinajstić information content (AvgIpc) is 2.69. The van der Waals surface area contributed by atoms with E-state index in [2.05, 4.69) is 10.6 Å². The zero-order chi connectivity index (χ0) is 25.4. The van der Waals surface area contributed by atoms with E-state index in [0.717, 1.165) is 12.0 Å². The highest BCUT2D eigenvalue weighted by molar-refractivity contribution is 5.92. The highest BCUT2D eigenvalue weighted by Crippen LogP contribution is 2.24. The van der Waals surface area contributed by atoms with Gasteiger partial charge in [0.15, 0.2) is 0 Å². The molecule has 8 heteroatoms. The van der Waals surface area contributed by atoms with E-state index in [1.165, 1.54) is 4.90 Å². The molecule has 8 nitrogen and oxygen atoms in total. The molecule has 0 aliphatic carbocycles. The summed E-state index contributed by atoms with van der Waals surface area (Å²) in [5.41, 5.74) is 0.503. The second-order valence-electron chi connectivity index (χ2n) is 10.1. The van der Waals surface area contributed by atoms with Crippen LogP contribution in [0, 0.1) is 0 Å². The van der Waals surface area contributed by atoms with Gasteiger partial charge >= 0.3 is 6.09 Å². The fourth-order valence-electron chi connectivity index (χ4n) is 3.29. The van der Waals surface area contributed by atoms with Crippen LogP contribution in [0.25, 0.3) is 0 Å². The van der Waals surface area contributed by atoms with Gasteiger partial charge in [0.25, 0.3) is 0 Å². The number of amides is 3. The van der Waals surface area contributed by atoms with Crippen molar-refractivity contribution in [1.29, 1.82) is 0 Å². The Morgan fingerprint density at radius 3 is 2.03 bits per heavy atom. The van der Waals surface area contributed by atoms with E-state index in [0.29, 0.717) is 12.0 Å². The summed E-state index contributed by atoms with van der Waals surface area (Å²) < 4.78 is 5.23. The number of carbonyl (C=O) groups excluding carboxylic acids is 3. The van der Waals surface area contributed by atoms with Crippen molar-refractivity contribution in [3.63, 3.8) is 0 Å². The number of benzene rings is 1. The maximum Gasteiger partial charge on any atom is 0.408 e. The van der Waals surface area contributed by atoms with Gasteiger partial charge in [0.2, 0.25) is 11.8 Å². The maximum atomic E-state index is 13.5. The minimum atomic E-state index is -1.24. The highest BCUT2D eigenvalue weighted by Gasteiger charge is 2.36. The third-order valence-electron chi connectivity index (χ3n) is 4.68. The van der Waals surface area contributed by atoms with Gasteiger partial charge in [0, 0.05) is 12.1 Å². The number of ether oxygens (including phenoxy) is 1.